The molecule has 1 aromatic carbocycles. The van der Waals surface area contributed by atoms with Gasteiger partial charge in [-0.1, -0.05) is 0 Å². The van der Waals surface area contributed by atoms with Crippen molar-refractivity contribution in [2.24, 2.45) is 0 Å². The SMILES string of the molecule is CC(C)(C)Oc1ccc(F)c(I)c1. The smallest absolute Gasteiger partial charge is 0.136 e. The highest BCUT2D eigenvalue weighted by Gasteiger charge is 2.12. The van der Waals surface area contributed by atoms with Crippen molar-refractivity contribution in [3.63, 3.8) is 0 Å². The highest BCUT2D eigenvalue weighted by Crippen LogP contribution is 2.22. The van der Waals surface area contributed by atoms with Crippen LogP contribution in [0, 0.1) is 9.39 Å². The monoisotopic (exact) mass is 294 g/mol. The second-order valence-electron chi connectivity index (χ2n) is 3.79. The van der Waals surface area contributed by atoms with Crippen LogP contribution in [-0.4, -0.2) is 5.60 Å². The molecule has 0 atom stereocenters. The number of hydrogen-bond donors (Lipinski definition) is 0. The van der Waals surface area contributed by atoms with Crippen LogP contribution in [0.4, 0.5) is 4.39 Å². The topological polar surface area (TPSA) is 9.23 Å². The highest BCUT2D eigenvalue weighted by atomic mass is 127. The van der Waals surface area contributed by atoms with Crippen molar-refractivity contribution < 1.29 is 9.13 Å². The average Bonchev–Trinajstić information content (AvgIpc) is 1.94. The molecule has 0 aliphatic heterocycles. The van der Waals surface area contributed by atoms with Gasteiger partial charge in [0.25, 0.3) is 0 Å². The molecule has 0 bridgehead atoms. The lowest BCUT2D eigenvalue weighted by molar-refractivity contribution is 0.130. The Hall–Kier alpha value is -0.320. The minimum Gasteiger partial charge on any atom is -0.488 e. The lowest BCUT2D eigenvalue weighted by atomic mass is 10.2. The van der Waals surface area contributed by atoms with E-state index in [1.54, 1.807) is 12.1 Å². The Morgan fingerprint density at radius 1 is 1.31 bits per heavy atom. The zero-order valence-electron chi connectivity index (χ0n) is 7.90. The molecule has 0 saturated carbocycles. The average molecular weight is 294 g/mol. The molecule has 0 heterocycles. The summed E-state index contributed by atoms with van der Waals surface area (Å²) in [5, 5.41) is 0. The molecule has 0 aromatic heterocycles. The molecule has 0 N–H and O–H groups in total. The first kappa shape index (κ1) is 10.8. The van der Waals surface area contributed by atoms with Gasteiger partial charge in [0.2, 0.25) is 0 Å². The van der Waals surface area contributed by atoms with Crippen LogP contribution in [0.2, 0.25) is 0 Å². The van der Waals surface area contributed by atoms with Gasteiger partial charge < -0.3 is 4.74 Å². The van der Waals surface area contributed by atoms with E-state index in [-0.39, 0.29) is 11.4 Å². The van der Waals surface area contributed by atoms with Crippen molar-refractivity contribution in [1.82, 2.24) is 0 Å². The Labute approximate surface area is 91.4 Å². The molecule has 1 nitrogen and oxygen atoms in total. The third-order valence-electron chi connectivity index (χ3n) is 1.32. The summed E-state index contributed by atoms with van der Waals surface area (Å²) in [6.45, 7) is 5.88. The second kappa shape index (κ2) is 3.82. The van der Waals surface area contributed by atoms with Crippen molar-refractivity contribution in [1.29, 1.82) is 0 Å². The standard InChI is InChI=1S/C10H12FIO/c1-10(2,3)13-7-4-5-8(11)9(12)6-7/h4-6H,1-3H3. The van der Waals surface area contributed by atoms with Crippen LogP contribution >= 0.6 is 22.6 Å². The van der Waals surface area contributed by atoms with Gasteiger partial charge in [0.1, 0.15) is 17.2 Å². The summed E-state index contributed by atoms with van der Waals surface area (Å²) < 4.78 is 19.0. The lowest BCUT2D eigenvalue weighted by Gasteiger charge is -2.21. The fourth-order valence-electron chi connectivity index (χ4n) is 0.894. The molecular weight excluding hydrogens is 282 g/mol. The highest BCUT2D eigenvalue weighted by molar-refractivity contribution is 14.1. The van der Waals surface area contributed by atoms with Gasteiger partial charge in [-0.25, -0.2) is 4.39 Å². The van der Waals surface area contributed by atoms with Gasteiger partial charge in [-0.05, 0) is 61.6 Å². The van der Waals surface area contributed by atoms with E-state index < -0.39 is 0 Å². The number of ether oxygens (including phenoxy) is 1. The third kappa shape index (κ3) is 3.50. The number of benzene rings is 1. The molecule has 0 aliphatic carbocycles. The summed E-state index contributed by atoms with van der Waals surface area (Å²) in [4.78, 5) is 0. The zero-order valence-corrected chi connectivity index (χ0v) is 10.1. The Balaban J connectivity index is 2.86. The first-order chi connectivity index (χ1) is 5.88. The molecule has 1 aromatic rings. The third-order valence-corrected chi connectivity index (χ3v) is 2.14. The summed E-state index contributed by atoms with van der Waals surface area (Å²) in [5.74, 6) is 0.500. The fraction of sp³-hybridized carbons (Fsp3) is 0.400. The Kier molecular flexibility index (Phi) is 3.16. The van der Waals surface area contributed by atoms with E-state index in [4.69, 9.17) is 4.74 Å². The maximum atomic E-state index is 12.9. The quantitative estimate of drug-likeness (QED) is 0.719. The minimum atomic E-state index is -0.235. The molecule has 0 radical (unpaired) electrons. The minimum absolute atomic E-state index is 0.207. The lowest BCUT2D eigenvalue weighted by Crippen LogP contribution is -2.22. The van der Waals surface area contributed by atoms with Crippen molar-refractivity contribution in [3.05, 3.63) is 27.6 Å². The van der Waals surface area contributed by atoms with Gasteiger partial charge in [0, 0.05) is 0 Å². The van der Waals surface area contributed by atoms with Gasteiger partial charge in [0.15, 0.2) is 0 Å². The number of halogens is 2. The molecule has 0 unspecified atom stereocenters. The van der Waals surface area contributed by atoms with Gasteiger partial charge in [-0.15, -0.1) is 0 Å². The first-order valence-electron chi connectivity index (χ1n) is 4.02. The molecule has 1 rings (SSSR count). The van der Waals surface area contributed by atoms with Gasteiger partial charge >= 0.3 is 0 Å². The predicted molar refractivity (Wildman–Crippen MR) is 59.5 cm³/mol. The summed E-state index contributed by atoms with van der Waals surface area (Å²) in [7, 11) is 0. The molecule has 0 amide bonds. The number of hydrogen-bond acceptors (Lipinski definition) is 1. The number of rotatable bonds is 1. The van der Waals surface area contributed by atoms with Crippen LogP contribution in [0.25, 0.3) is 0 Å². The largest absolute Gasteiger partial charge is 0.488 e. The summed E-state index contributed by atoms with van der Waals surface area (Å²) >= 11 is 1.95. The fourth-order valence-corrected chi connectivity index (χ4v) is 1.38. The van der Waals surface area contributed by atoms with E-state index >= 15 is 0 Å². The molecule has 3 heteroatoms. The first-order valence-corrected chi connectivity index (χ1v) is 5.10. The maximum absolute atomic E-state index is 12.9. The van der Waals surface area contributed by atoms with Crippen molar-refractivity contribution in [2.75, 3.05) is 0 Å². The maximum Gasteiger partial charge on any atom is 0.136 e. The second-order valence-corrected chi connectivity index (χ2v) is 4.95. The van der Waals surface area contributed by atoms with E-state index in [1.165, 1.54) is 6.07 Å². The van der Waals surface area contributed by atoms with Crippen LogP contribution in [0.5, 0.6) is 5.75 Å². The van der Waals surface area contributed by atoms with Crippen molar-refractivity contribution in [2.45, 2.75) is 26.4 Å². The summed E-state index contributed by atoms with van der Waals surface area (Å²) in [6.07, 6.45) is 0. The van der Waals surface area contributed by atoms with Gasteiger partial charge in [-0.3, -0.25) is 0 Å². The van der Waals surface area contributed by atoms with E-state index in [0.29, 0.717) is 9.32 Å². The normalized spacial score (nSPS) is 11.5. The van der Waals surface area contributed by atoms with Crippen LogP contribution in [-0.2, 0) is 0 Å². The van der Waals surface area contributed by atoms with Crippen LogP contribution in [0.3, 0.4) is 0 Å². The Morgan fingerprint density at radius 3 is 2.38 bits per heavy atom. The molecule has 0 spiro atoms. The van der Waals surface area contributed by atoms with Gasteiger partial charge in [0.05, 0.1) is 3.57 Å². The molecule has 72 valence electrons. The van der Waals surface area contributed by atoms with E-state index in [0.717, 1.165) is 0 Å². The van der Waals surface area contributed by atoms with Crippen molar-refractivity contribution >= 4 is 22.6 Å². The van der Waals surface area contributed by atoms with Crippen LogP contribution < -0.4 is 4.74 Å². The molecule has 0 saturated heterocycles. The van der Waals surface area contributed by atoms with E-state index in [9.17, 15) is 4.39 Å². The zero-order chi connectivity index (χ0) is 10.1. The molecule has 13 heavy (non-hydrogen) atoms. The molecular formula is C10H12FIO. The summed E-state index contributed by atoms with van der Waals surface area (Å²) in [6, 6.07) is 4.76. The predicted octanol–water partition coefficient (Wildman–Crippen LogP) is 3.61. The van der Waals surface area contributed by atoms with Crippen LogP contribution in [0.1, 0.15) is 20.8 Å². The Morgan fingerprint density at radius 2 is 1.92 bits per heavy atom. The summed E-state index contributed by atoms with van der Waals surface area (Å²) in [5.41, 5.74) is -0.235. The Bertz CT molecular complexity index is 304. The van der Waals surface area contributed by atoms with Crippen LogP contribution in [0.15, 0.2) is 18.2 Å². The molecule has 0 aliphatic rings. The molecule has 0 fully saturated rings. The van der Waals surface area contributed by atoms with E-state index in [1.807, 2.05) is 43.4 Å². The van der Waals surface area contributed by atoms with Gasteiger partial charge in [-0.2, -0.15) is 0 Å². The van der Waals surface area contributed by atoms with E-state index in [2.05, 4.69) is 0 Å². The van der Waals surface area contributed by atoms with Crippen molar-refractivity contribution in [3.8, 4) is 5.75 Å².